The molecule has 1 aromatic carbocycles. The van der Waals surface area contributed by atoms with Gasteiger partial charge in [-0.3, -0.25) is 4.90 Å². The zero-order valence-corrected chi connectivity index (χ0v) is 20.0. The largest absolute Gasteiger partial charge is 0.471 e. The molecule has 1 aliphatic rings. The van der Waals surface area contributed by atoms with Crippen molar-refractivity contribution in [2.45, 2.75) is 57.5 Å². The molecule has 196 valence electrons. The second kappa shape index (κ2) is 10.2. The van der Waals surface area contributed by atoms with Crippen molar-refractivity contribution in [1.82, 2.24) is 14.9 Å². The van der Waals surface area contributed by atoms with Crippen molar-refractivity contribution in [3.05, 3.63) is 36.5 Å². The number of hydrogen-bond donors (Lipinski definition) is 0. The van der Waals surface area contributed by atoms with Gasteiger partial charge in [0.1, 0.15) is 23.5 Å². The summed E-state index contributed by atoms with van der Waals surface area (Å²) < 4.78 is 74.7. The van der Waals surface area contributed by atoms with Gasteiger partial charge in [0.15, 0.2) is 5.69 Å². The monoisotopic (exact) mass is 515 g/mol. The highest BCUT2D eigenvalue weighted by molar-refractivity contribution is 5.82. The van der Waals surface area contributed by atoms with Crippen LogP contribution in [0.15, 0.2) is 30.9 Å². The lowest BCUT2D eigenvalue weighted by molar-refractivity contribution is -0.145. The minimum Gasteiger partial charge on any atom is -0.471 e. The number of rotatable bonds is 7. The van der Waals surface area contributed by atoms with Gasteiger partial charge in [0.2, 0.25) is 5.88 Å². The van der Waals surface area contributed by atoms with E-state index in [0.717, 1.165) is 24.1 Å². The van der Waals surface area contributed by atoms with Crippen molar-refractivity contribution >= 4 is 23.1 Å². The molecule has 3 rings (SSSR count). The van der Waals surface area contributed by atoms with Gasteiger partial charge < -0.3 is 18.9 Å². The Labute approximate surface area is 204 Å². The maximum atomic E-state index is 14.7. The van der Waals surface area contributed by atoms with E-state index in [1.165, 1.54) is 6.07 Å². The van der Waals surface area contributed by atoms with E-state index < -0.39 is 53.9 Å². The van der Waals surface area contributed by atoms with Crippen molar-refractivity contribution in [3.63, 3.8) is 0 Å². The smallest absolute Gasteiger partial charge is 0.411 e. The Balaban J connectivity index is 1.98. The molecule has 0 radical (unpaired) electrons. The number of fused-ring (bicyclic) bond motifs is 1. The van der Waals surface area contributed by atoms with Crippen LogP contribution in [0.4, 0.5) is 22.4 Å². The maximum absolute atomic E-state index is 14.7. The molecular weight excluding hydrogens is 490 g/mol. The Morgan fingerprint density at radius 3 is 2.47 bits per heavy atom. The van der Waals surface area contributed by atoms with Gasteiger partial charge >= 0.3 is 24.6 Å². The number of likely N-dealkylation sites (tertiary alicyclic amines) is 1. The molecule has 2 atom stereocenters. The number of aromatic nitrogens is 2. The average molecular weight is 515 g/mol. The number of methoxy groups -OCH3 is 1. The van der Waals surface area contributed by atoms with E-state index in [9.17, 15) is 27.2 Å². The third-order valence-electron chi connectivity index (χ3n) is 5.04. The third kappa shape index (κ3) is 6.13. The fraction of sp³-hybridized carbons (Fsp3) is 0.478. The minimum absolute atomic E-state index is 0.0327. The van der Waals surface area contributed by atoms with E-state index in [2.05, 4.69) is 21.3 Å². The zero-order chi connectivity index (χ0) is 26.8. The second-order valence-corrected chi connectivity index (χ2v) is 8.88. The van der Waals surface area contributed by atoms with Crippen LogP contribution < -0.4 is 9.47 Å². The lowest BCUT2D eigenvalue weighted by atomic mass is 10.2. The molecule has 0 bridgehead atoms. The zero-order valence-electron chi connectivity index (χ0n) is 20.0. The molecule has 1 fully saturated rings. The van der Waals surface area contributed by atoms with E-state index in [1.54, 1.807) is 20.8 Å². The first-order valence-corrected chi connectivity index (χ1v) is 10.8. The average Bonchev–Trinajstić information content (AvgIpc) is 3.20. The van der Waals surface area contributed by atoms with Crippen LogP contribution in [0.2, 0.25) is 0 Å². The molecule has 1 amide bonds. The number of hydrogen-bond acceptors (Lipinski definition) is 8. The van der Waals surface area contributed by atoms with Crippen molar-refractivity contribution < 1.29 is 46.1 Å². The highest BCUT2D eigenvalue weighted by Gasteiger charge is 2.44. The quantitative estimate of drug-likeness (QED) is 0.303. The number of halogens is 4. The molecule has 0 saturated carbocycles. The highest BCUT2D eigenvalue weighted by atomic mass is 19.3. The van der Waals surface area contributed by atoms with Gasteiger partial charge in [-0.25, -0.2) is 19.6 Å². The molecule has 2 aromatic rings. The Kier molecular flexibility index (Phi) is 7.60. The second-order valence-electron chi connectivity index (χ2n) is 8.88. The summed E-state index contributed by atoms with van der Waals surface area (Å²) in [5.41, 5.74) is -1.83. The van der Waals surface area contributed by atoms with Crippen molar-refractivity contribution in [2.75, 3.05) is 13.7 Å². The molecule has 13 heteroatoms. The van der Waals surface area contributed by atoms with E-state index in [1.807, 2.05) is 0 Å². The predicted molar refractivity (Wildman–Crippen MR) is 118 cm³/mol. The number of allylic oxidation sites excluding steroid dienone is 1. The number of benzene rings is 1. The molecule has 1 aromatic heterocycles. The van der Waals surface area contributed by atoms with Crippen LogP contribution in [0, 0.1) is 0 Å². The molecule has 0 N–H and O–H groups in total. The Bertz CT molecular complexity index is 1150. The normalized spacial score (nSPS) is 18.3. The fourth-order valence-corrected chi connectivity index (χ4v) is 3.51. The van der Waals surface area contributed by atoms with Gasteiger partial charge in [0.05, 0.1) is 24.7 Å². The Morgan fingerprint density at radius 2 is 1.89 bits per heavy atom. The van der Waals surface area contributed by atoms with E-state index in [4.69, 9.17) is 14.2 Å². The van der Waals surface area contributed by atoms with Gasteiger partial charge in [-0.15, -0.1) is 0 Å². The van der Waals surface area contributed by atoms with Gasteiger partial charge in [0, 0.05) is 12.5 Å². The van der Waals surface area contributed by atoms with Gasteiger partial charge in [-0.1, -0.05) is 6.58 Å². The number of esters is 1. The van der Waals surface area contributed by atoms with Gasteiger partial charge in [0.25, 0.3) is 0 Å². The Morgan fingerprint density at radius 1 is 1.19 bits per heavy atom. The number of carbonyl (C=O) groups excluding carboxylic acids is 2. The topological polar surface area (TPSA) is 100 Å². The summed E-state index contributed by atoms with van der Waals surface area (Å²) in [6.07, 6.45) is -1.56. The fourth-order valence-electron chi connectivity index (χ4n) is 3.51. The first kappa shape index (κ1) is 27.0. The van der Waals surface area contributed by atoms with Gasteiger partial charge in [-0.2, -0.15) is 17.6 Å². The van der Waals surface area contributed by atoms with Crippen molar-refractivity contribution in [3.8, 4) is 11.6 Å². The third-order valence-corrected chi connectivity index (χ3v) is 5.04. The maximum Gasteiger partial charge on any atom is 0.411 e. The molecule has 9 nitrogen and oxygen atoms in total. The predicted octanol–water partition coefficient (Wildman–Crippen LogP) is 4.44. The molecule has 1 aliphatic heterocycles. The summed E-state index contributed by atoms with van der Waals surface area (Å²) in [5, 5.41) is 0. The van der Waals surface area contributed by atoms with Crippen LogP contribution in [-0.2, 0) is 20.2 Å². The lowest BCUT2D eigenvalue weighted by Crippen LogP contribution is -2.44. The number of ether oxygens (including phenoxy) is 4. The molecule has 2 unspecified atom stereocenters. The first-order valence-electron chi connectivity index (χ1n) is 10.8. The molecule has 0 aliphatic carbocycles. The van der Waals surface area contributed by atoms with Crippen LogP contribution in [0.5, 0.6) is 11.6 Å². The highest BCUT2D eigenvalue weighted by Crippen LogP contribution is 2.37. The summed E-state index contributed by atoms with van der Waals surface area (Å²) in [6, 6.07) is 2.32. The minimum atomic E-state index is -3.67. The number of amides is 1. The molecule has 36 heavy (non-hydrogen) atoms. The standard InChI is InChI=1S/C23H25F4N3O6/c1-6-23(26,27)17-18(29-15-9-12(35-20(24)25)7-8-14(15)28-17)34-13-10-16(19(31)33-5)30(11-13)21(32)36-22(2,3)4/h6-9,13,16,20H,1,10-11H2,2-5H3. The van der Waals surface area contributed by atoms with Crippen LogP contribution in [-0.4, -0.2) is 64.9 Å². The van der Waals surface area contributed by atoms with Crippen LogP contribution in [0.1, 0.15) is 32.9 Å². The SMILES string of the molecule is C=CC(F)(F)c1nc2ccc(OC(F)F)cc2nc1OC1CC(C(=O)OC)N(C(=O)OC(C)(C)C)C1. The number of nitrogens with zero attached hydrogens (tertiary/aromatic N) is 3. The summed E-state index contributed by atoms with van der Waals surface area (Å²) >= 11 is 0. The molecule has 2 heterocycles. The lowest BCUT2D eigenvalue weighted by Gasteiger charge is -2.27. The van der Waals surface area contributed by atoms with Crippen LogP contribution in [0.3, 0.4) is 0 Å². The Hall–Kier alpha value is -3.64. The summed E-state index contributed by atoms with van der Waals surface area (Å²) in [7, 11) is 1.14. The van der Waals surface area contributed by atoms with Crippen LogP contribution in [0.25, 0.3) is 11.0 Å². The number of alkyl halides is 4. The first-order chi connectivity index (χ1) is 16.7. The van der Waals surface area contributed by atoms with Crippen molar-refractivity contribution in [1.29, 1.82) is 0 Å². The van der Waals surface area contributed by atoms with E-state index >= 15 is 0 Å². The van der Waals surface area contributed by atoms with Gasteiger partial charge in [-0.05, 0) is 39.0 Å². The molecule has 1 saturated heterocycles. The molecular formula is C23H25F4N3O6. The summed E-state index contributed by atoms with van der Waals surface area (Å²) in [4.78, 5) is 34.0. The van der Waals surface area contributed by atoms with E-state index in [0.29, 0.717) is 6.08 Å². The van der Waals surface area contributed by atoms with Crippen LogP contribution >= 0.6 is 0 Å². The molecule has 0 spiro atoms. The van der Waals surface area contributed by atoms with E-state index in [-0.39, 0.29) is 29.7 Å². The summed E-state index contributed by atoms with van der Waals surface area (Å²) in [6.45, 7) is 4.73. The van der Waals surface area contributed by atoms with Crippen molar-refractivity contribution in [2.24, 2.45) is 0 Å². The summed E-state index contributed by atoms with van der Waals surface area (Å²) in [5.74, 6) is -5.30. The number of carbonyl (C=O) groups is 2.